The Morgan fingerprint density at radius 2 is 2.17 bits per heavy atom. The zero-order chi connectivity index (χ0) is 16.2. The van der Waals surface area contributed by atoms with Crippen LogP contribution in [-0.2, 0) is 16.0 Å². The van der Waals surface area contributed by atoms with E-state index in [0.717, 1.165) is 5.76 Å². The molecule has 0 spiro atoms. The number of rotatable bonds is 5. The molecule has 0 saturated carbocycles. The van der Waals surface area contributed by atoms with E-state index in [-0.39, 0.29) is 5.70 Å². The number of benzene rings is 1. The first-order chi connectivity index (χ1) is 11.2. The summed E-state index contributed by atoms with van der Waals surface area (Å²) in [6.45, 7) is 0. The molecule has 0 amide bonds. The van der Waals surface area contributed by atoms with Gasteiger partial charge in [0.25, 0.3) is 0 Å². The van der Waals surface area contributed by atoms with Crippen molar-refractivity contribution in [3.8, 4) is 5.75 Å². The van der Waals surface area contributed by atoms with Crippen LogP contribution in [0.15, 0.2) is 51.7 Å². The summed E-state index contributed by atoms with van der Waals surface area (Å²) in [5.41, 5.74) is 0.892. The summed E-state index contributed by atoms with van der Waals surface area (Å²) in [5.74, 6) is 1.31. The zero-order valence-electron chi connectivity index (χ0n) is 12.4. The van der Waals surface area contributed by atoms with E-state index < -0.39 is 5.97 Å². The van der Waals surface area contributed by atoms with Crippen LogP contribution in [0.5, 0.6) is 5.75 Å². The molecule has 2 heterocycles. The van der Waals surface area contributed by atoms with E-state index in [1.54, 1.807) is 37.6 Å². The van der Waals surface area contributed by atoms with Gasteiger partial charge in [-0.05, 0) is 36.4 Å². The predicted octanol–water partition coefficient (Wildman–Crippen LogP) is 3.87. The highest BCUT2D eigenvalue weighted by atomic mass is 35.5. The first-order valence-electron chi connectivity index (χ1n) is 7.03. The van der Waals surface area contributed by atoms with E-state index in [1.165, 1.54) is 0 Å². The number of cyclic esters (lactones) is 1. The average molecular weight is 332 g/mol. The van der Waals surface area contributed by atoms with Crippen LogP contribution in [0.3, 0.4) is 0 Å². The van der Waals surface area contributed by atoms with Gasteiger partial charge in [0.15, 0.2) is 11.6 Å². The Hall–Kier alpha value is -2.53. The number of carbonyl (C=O) groups is 1. The molecule has 1 aromatic heterocycles. The minimum Gasteiger partial charge on any atom is -0.496 e. The normalized spacial score (nSPS) is 15.7. The molecule has 1 aliphatic rings. The molecule has 0 bridgehead atoms. The Kier molecular flexibility index (Phi) is 4.48. The van der Waals surface area contributed by atoms with Crippen molar-refractivity contribution in [3.05, 3.63) is 58.6 Å². The van der Waals surface area contributed by atoms with E-state index in [0.29, 0.717) is 35.1 Å². The summed E-state index contributed by atoms with van der Waals surface area (Å²) in [6.07, 6.45) is 4.32. The van der Waals surface area contributed by atoms with E-state index in [1.807, 2.05) is 12.1 Å². The van der Waals surface area contributed by atoms with Crippen LogP contribution in [0.25, 0.3) is 6.08 Å². The van der Waals surface area contributed by atoms with Crippen LogP contribution in [0.4, 0.5) is 0 Å². The van der Waals surface area contributed by atoms with Crippen LogP contribution in [0.2, 0.25) is 5.02 Å². The average Bonchev–Trinajstić information content (AvgIpc) is 3.16. The molecule has 3 rings (SSSR count). The number of methoxy groups -OCH3 is 1. The van der Waals surface area contributed by atoms with E-state index in [9.17, 15) is 4.79 Å². The molecule has 0 unspecified atom stereocenters. The summed E-state index contributed by atoms with van der Waals surface area (Å²) in [5, 5.41) is 0.547. The minimum absolute atomic E-state index is 0.222. The third kappa shape index (κ3) is 3.63. The number of furan rings is 1. The van der Waals surface area contributed by atoms with Gasteiger partial charge >= 0.3 is 5.97 Å². The lowest BCUT2D eigenvalue weighted by molar-refractivity contribution is -0.130. The largest absolute Gasteiger partial charge is 0.496 e. The molecule has 6 heteroatoms. The molecule has 0 radical (unpaired) electrons. The van der Waals surface area contributed by atoms with Gasteiger partial charge in [0.1, 0.15) is 11.5 Å². The van der Waals surface area contributed by atoms with Gasteiger partial charge in [-0.25, -0.2) is 9.79 Å². The molecule has 0 fully saturated rings. The quantitative estimate of drug-likeness (QED) is 0.616. The third-order valence-electron chi connectivity index (χ3n) is 3.31. The molecule has 1 aromatic carbocycles. The highest BCUT2D eigenvalue weighted by Crippen LogP contribution is 2.27. The molecule has 0 saturated heterocycles. The Labute approximate surface area is 138 Å². The molecule has 1 aliphatic heterocycles. The van der Waals surface area contributed by atoms with Crippen molar-refractivity contribution in [3.63, 3.8) is 0 Å². The van der Waals surface area contributed by atoms with E-state index in [2.05, 4.69) is 4.99 Å². The minimum atomic E-state index is -0.485. The summed E-state index contributed by atoms with van der Waals surface area (Å²) in [7, 11) is 1.55. The van der Waals surface area contributed by atoms with Crippen molar-refractivity contribution in [2.75, 3.05) is 7.11 Å². The van der Waals surface area contributed by atoms with Gasteiger partial charge in [-0.3, -0.25) is 0 Å². The van der Waals surface area contributed by atoms with Crippen molar-refractivity contribution in [2.45, 2.75) is 12.8 Å². The van der Waals surface area contributed by atoms with E-state index >= 15 is 0 Å². The fourth-order valence-corrected chi connectivity index (χ4v) is 2.39. The molecule has 0 aliphatic carbocycles. The maximum absolute atomic E-state index is 11.9. The fourth-order valence-electron chi connectivity index (χ4n) is 2.21. The van der Waals surface area contributed by atoms with Gasteiger partial charge in [0, 0.05) is 23.4 Å². The Balaban J connectivity index is 1.79. The van der Waals surface area contributed by atoms with Crippen molar-refractivity contribution in [2.24, 2.45) is 4.99 Å². The first kappa shape index (κ1) is 15.4. The predicted molar refractivity (Wildman–Crippen MR) is 86.5 cm³/mol. The van der Waals surface area contributed by atoms with Gasteiger partial charge in [-0.15, -0.1) is 0 Å². The highest BCUT2D eigenvalue weighted by Gasteiger charge is 2.23. The van der Waals surface area contributed by atoms with Crippen molar-refractivity contribution >= 4 is 29.5 Å². The van der Waals surface area contributed by atoms with Gasteiger partial charge in [0.05, 0.1) is 13.4 Å². The fraction of sp³-hybridized carbons (Fsp3) is 0.176. The highest BCUT2D eigenvalue weighted by molar-refractivity contribution is 6.30. The standard InChI is InChI=1S/C17H14ClNO4/c1-21-15-6-4-12(18)9-11(15)10-14-17(20)23-16(19-14)7-5-13-3-2-8-22-13/h2-4,6,8-10H,5,7H2,1H3/b14-10+. The summed E-state index contributed by atoms with van der Waals surface area (Å²) >= 11 is 5.98. The molecule has 5 nitrogen and oxygen atoms in total. The number of ether oxygens (including phenoxy) is 2. The molecule has 118 valence electrons. The first-order valence-corrected chi connectivity index (χ1v) is 7.41. The van der Waals surface area contributed by atoms with Crippen LogP contribution in [0, 0.1) is 0 Å². The van der Waals surface area contributed by atoms with Gasteiger partial charge in [-0.1, -0.05) is 11.6 Å². The number of halogens is 1. The Morgan fingerprint density at radius 1 is 1.30 bits per heavy atom. The zero-order valence-corrected chi connectivity index (χ0v) is 13.2. The molecule has 0 atom stereocenters. The maximum atomic E-state index is 11.9. The molecule has 23 heavy (non-hydrogen) atoms. The monoisotopic (exact) mass is 331 g/mol. The molecular weight excluding hydrogens is 318 g/mol. The molecular formula is C17H14ClNO4. The number of aryl methyl sites for hydroxylation is 1. The Bertz CT molecular complexity index is 778. The summed E-state index contributed by atoms with van der Waals surface area (Å²) in [4.78, 5) is 16.2. The Morgan fingerprint density at radius 3 is 2.91 bits per heavy atom. The lowest BCUT2D eigenvalue weighted by atomic mass is 10.1. The van der Waals surface area contributed by atoms with Crippen molar-refractivity contribution < 1.29 is 18.7 Å². The second-order valence-electron chi connectivity index (χ2n) is 4.89. The number of carbonyl (C=O) groups excluding carboxylic acids is 1. The lowest BCUT2D eigenvalue weighted by Crippen LogP contribution is -2.04. The van der Waals surface area contributed by atoms with Gasteiger partial charge in [-0.2, -0.15) is 0 Å². The number of nitrogens with zero attached hydrogens (tertiary/aromatic N) is 1. The maximum Gasteiger partial charge on any atom is 0.363 e. The van der Waals surface area contributed by atoms with Gasteiger partial charge < -0.3 is 13.9 Å². The number of esters is 1. The third-order valence-corrected chi connectivity index (χ3v) is 3.55. The van der Waals surface area contributed by atoms with Crippen LogP contribution < -0.4 is 4.74 Å². The van der Waals surface area contributed by atoms with Crippen molar-refractivity contribution in [1.29, 1.82) is 0 Å². The topological polar surface area (TPSA) is 61.0 Å². The summed E-state index contributed by atoms with van der Waals surface area (Å²) in [6, 6.07) is 8.83. The SMILES string of the molecule is COc1ccc(Cl)cc1/C=C1/N=C(CCc2ccco2)OC1=O. The molecule has 0 N–H and O–H groups in total. The van der Waals surface area contributed by atoms with Crippen molar-refractivity contribution in [1.82, 2.24) is 0 Å². The lowest BCUT2D eigenvalue weighted by Gasteiger charge is -2.04. The van der Waals surface area contributed by atoms with Gasteiger partial charge in [0.2, 0.25) is 0 Å². The molecule has 2 aromatic rings. The number of hydrogen-bond donors (Lipinski definition) is 0. The number of hydrogen-bond acceptors (Lipinski definition) is 5. The van der Waals surface area contributed by atoms with Crippen LogP contribution in [-0.4, -0.2) is 19.0 Å². The smallest absolute Gasteiger partial charge is 0.363 e. The second-order valence-corrected chi connectivity index (χ2v) is 5.33. The van der Waals surface area contributed by atoms with Crippen LogP contribution in [0.1, 0.15) is 17.7 Å². The van der Waals surface area contributed by atoms with E-state index in [4.69, 9.17) is 25.5 Å². The number of aliphatic imine (C=N–C) groups is 1. The van der Waals surface area contributed by atoms with Crippen LogP contribution >= 0.6 is 11.6 Å². The second kappa shape index (κ2) is 6.71. The summed E-state index contributed by atoms with van der Waals surface area (Å²) < 4.78 is 15.7.